The third-order valence-corrected chi connectivity index (χ3v) is 4.58. The SMILES string of the molecule is CC(C)(C)c1ccc(C(=O)NNC(=O)CSc2ccc(F)c(F)c2)cc1. The number of hydrogen-bond acceptors (Lipinski definition) is 3. The minimum Gasteiger partial charge on any atom is -0.272 e. The summed E-state index contributed by atoms with van der Waals surface area (Å²) >= 11 is 1.03. The minimum absolute atomic E-state index is 0.0136. The van der Waals surface area contributed by atoms with E-state index in [-0.39, 0.29) is 11.2 Å². The van der Waals surface area contributed by atoms with Gasteiger partial charge in [0.2, 0.25) is 5.91 Å². The summed E-state index contributed by atoms with van der Waals surface area (Å²) in [6.07, 6.45) is 0. The maximum atomic E-state index is 13.1. The van der Waals surface area contributed by atoms with Gasteiger partial charge < -0.3 is 0 Å². The molecule has 2 rings (SSSR count). The number of benzene rings is 2. The molecular formula is C19H20F2N2O2S. The zero-order valence-corrected chi connectivity index (χ0v) is 15.5. The Morgan fingerprint density at radius 1 is 0.962 bits per heavy atom. The largest absolute Gasteiger partial charge is 0.272 e. The van der Waals surface area contributed by atoms with E-state index in [0.29, 0.717) is 10.5 Å². The van der Waals surface area contributed by atoms with Gasteiger partial charge in [0.05, 0.1) is 5.75 Å². The molecule has 0 aromatic heterocycles. The van der Waals surface area contributed by atoms with Crippen molar-refractivity contribution >= 4 is 23.6 Å². The first kappa shape index (κ1) is 19.9. The number of hydrazine groups is 1. The Bertz CT molecular complexity index is 802. The molecule has 2 aromatic rings. The normalized spacial score (nSPS) is 11.1. The van der Waals surface area contributed by atoms with Crippen LogP contribution in [0.15, 0.2) is 47.4 Å². The van der Waals surface area contributed by atoms with Crippen molar-refractivity contribution in [3.05, 3.63) is 65.2 Å². The van der Waals surface area contributed by atoms with E-state index in [4.69, 9.17) is 0 Å². The summed E-state index contributed by atoms with van der Waals surface area (Å²) in [4.78, 5) is 24.2. The highest BCUT2D eigenvalue weighted by molar-refractivity contribution is 8.00. The van der Waals surface area contributed by atoms with Crippen molar-refractivity contribution in [3.63, 3.8) is 0 Å². The summed E-state index contributed by atoms with van der Waals surface area (Å²) < 4.78 is 25.9. The monoisotopic (exact) mass is 378 g/mol. The molecule has 0 atom stereocenters. The van der Waals surface area contributed by atoms with Crippen molar-refractivity contribution in [2.75, 3.05) is 5.75 Å². The number of carbonyl (C=O) groups excluding carboxylic acids is 2. The Morgan fingerprint density at radius 3 is 2.19 bits per heavy atom. The average Bonchev–Trinajstić information content (AvgIpc) is 2.60. The van der Waals surface area contributed by atoms with E-state index in [1.165, 1.54) is 6.07 Å². The van der Waals surface area contributed by atoms with Crippen LogP contribution in [0.3, 0.4) is 0 Å². The maximum Gasteiger partial charge on any atom is 0.269 e. The van der Waals surface area contributed by atoms with Gasteiger partial charge in [-0.2, -0.15) is 0 Å². The molecule has 0 saturated carbocycles. The lowest BCUT2D eigenvalue weighted by molar-refractivity contribution is -0.119. The summed E-state index contributed by atoms with van der Waals surface area (Å²) in [5.41, 5.74) is 6.13. The molecule has 0 heterocycles. The van der Waals surface area contributed by atoms with Gasteiger partial charge in [-0.05, 0) is 41.3 Å². The average molecular weight is 378 g/mol. The first-order valence-corrected chi connectivity index (χ1v) is 8.93. The molecule has 0 aliphatic rings. The second-order valence-electron chi connectivity index (χ2n) is 6.69. The highest BCUT2D eigenvalue weighted by atomic mass is 32.2. The third kappa shape index (κ3) is 5.56. The van der Waals surface area contributed by atoms with Gasteiger partial charge >= 0.3 is 0 Å². The number of carbonyl (C=O) groups is 2. The highest BCUT2D eigenvalue weighted by Gasteiger charge is 2.14. The molecule has 0 aliphatic carbocycles. The zero-order chi connectivity index (χ0) is 19.3. The molecular weight excluding hydrogens is 358 g/mol. The van der Waals surface area contributed by atoms with Gasteiger partial charge in [0, 0.05) is 10.5 Å². The first-order valence-electron chi connectivity index (χ1n) is 7.94. The summed E-state index contributed by atoms with van der Waals surface area (Å²) in [7, 11) is 0. The summed E-state index contributed by atoms with van der Waals surface area (Å²) in [6.45, 7) is 6.23. The van der Waals surface area contributed by atoms with Crippen LogP contribution in [0.5, 0.6) is 0 Å². The molecule has 4 nitrogen and oxygen atoms in total. The van der Waals surface area contributed by atoms with Gasteiger partial charge in [0.15, 0.2) is 11.6 Å². The van der Waals surface area contributed by atoms with E-state index in [1.54, 1.807) is 12.1 Å². The number of hydrogen-bond donors (Lipinski definition) is 2. The van der Waals surface area contributed by atoms with E-state index in [1.807, 2.05) is 12.1 Å². The van der Waals surface area contributed by atoms with Crippen molar-refractivity contribution in [2.24, 2.45) is 0 Å². The van der Waals surface area contributed by atoms with Gasteiger partial charge in [-0.15, -0.1) is 11.8 Å². The predicted octanol–water partition coefficient (Wildman–Crippen LogP) is 3.82. The van der Waals surface area contributed by atoms with Crippen molar-refractivity contribution in [3.8, 4) is 0 Å². The van der Waals surface area contributed by atoms with Gasteiger partial charge in [-0.25, -0.2) is 8.78 Å². The lowest BCUT2D eigenvalue weighted by Gasteiger charge is -2.19. The van der Waals surface area contributed by atoms with Crippen LogP contribution in [0, 0.1) is 11.6 Å². The maximum absolute atomic E-state index is 13.1. The zero-order valence-electron chi connectivity index (χ0n) is 14.7. The van der Waals surface area contributed by atoms with Crippen LogP contribution in [0.25, 0.3) is 0 Å². The van der Waals surface area contributed by atoms with Crippen LogP contribution < -0.4 is 10.9 Å². The Kier molecular flexibility index (Phi) is 6.37. The summed E-state index contributed by atoms with van der Waals surface area (Å²) in [6, 6.07) is 10.5. The quantitative estimate of drug-likeness (QED) is 0.628. The Hall–Kier alpha value is -2.41. The number of thioether (sulfide) groups is 1. The summed E-state index contributed by atoms with van der Waals surface area (Å²) in [5.74, 6) is -2.85. The van der Waals surface area contributed by atoms with Crippen LogP contribution in [0.2, 0.25) is 0 Å². The van der Waals surface area contributed by atoms with Gasteiger partial charge in [-0.3, -0.25) is 20.4 Å². The van der Waals surface area contributed by atoms with Gasteiger partial charge in [-0.1, -0.05) is 32.9 Å². The fraction of sp³-hybridized carbons (Fsp3) is 0.263. The lowest BCUT2D eigenvalue weighted by atomic mass is 9.87. The van der Waals surface area contributed by atoms with Crippen LogP contribution in [0.4, 0.5) is 8.78 Å². The Balaban J connectivity index is 1.82. The topological polar surface area (TPSA) is 58.2 Å². The third-order valence-electron chi connectivity index (χ3n) is 3.59. The predicted molar refractivity (Wildman–Crippen MR) is 97.8 cm³/mol. The smallest absolute Gasteiger partial charge is 0.269 e. The fourth-order valence-electron chi connectivity index (χ4n) is 2.07. The second-order valence-corrected chi connectivity index (χ2v) is 7.74. The lowest BCUT2D eigenvalue weighted by Crippen LogP contribution is -2.42. The molecule has 0 bridgehead atoms. The Morgan fingerprint density at radius 2 is 1.62 bits per heavy atom. The fourth-order valence-corrected chi connectivity index (χ4v) is 2.79. The first-order chi connectivity index (χ1) is 12.2. The molecule has 0 saturated heterocycles. The van der Waals surface area contributed by atoms with Crippen LogP contribution in [0.1, 0.15) is 36.7 Å². The standard InChI is InChI=1S/C19H20F2N2O2S/c1-19(2,3)13-6-4-12(5-7-13)18(25)23-22-17(24)11-26-14-8-9-15(20)16(21)10-14/h4-10H,11H2,1-3H3,(H,22,24)(H,23,25). The number of nitrogens with one attached hydrogen (secondary N) is 2. The minimum atomic E-state index is -0.970. The molecule has 26 heavy (non-hydrogen) atoms. The molecule has 2 aromatic carbocycles. The molecule has 0 fully saturated rings. The van der Waals surface area contributed by atoms with E-state index in [9.17, 15) is 18.4 Å². The van der Waals surface area contributed by atoms with Crippen LogP contribution >= 0.6 is 11.8 Å². The number of rotatable bonds is 4. The number of amides is 2. The molecule has 0 spiro atoms. The molecule has 0 unspecified atom stereocenters. The molecule has 2 amide bonds. The van der Waals surface area contributed by atoms with E-state index in [2.05, 4.69) is 31.6 Å². The molecule has 7 heteroatoms. The Labute approximate surface area is 155 Å². The van der Waals surface area contributed by atoms with Crippen LogP contribution in [-0.4, -0.2) is 17.6 Å². The van der Waals surface area contributed by atoms with Crippen molar-refractivity contribution in [1.82, 2.24) is 10.9 Å². The summed E-state index contributed by atoms with van der Waals surface area (Å²) in [5, 5.41) is 0. The molecule has 0 radical (unpaired) electrons. The molecule has 2 N–H and O–H groups in total. The van der Waals surface area contributed by atoms with E-state index < -0.39 is 23.4 Å². The van der Waals surface area contributed by atoms with E-state index >= 15 is 0 Å². The molecule has 0 aliphatic heterocycles. The van der Waals surface area contributed by atoms with Gasteiger partial charge in [0.1, 0.15) is 0 Å². The highest BCUT2D eigenvalue weighted by Crippen LogP contribution is 2.22. The number of halogens is 2. The molecule has 138 valence electrons. The van der Waals surface area contributed by atoms with Crippen molar-refractivity contribution < 1.29 is 18.4 Å². The van der Waals surface area contributed by atoms with Crippen LogP contribution in [-0.2, 0) is 10.2 Å². The second kappa shape index (κ2) is 8.31. The van der Waals surface area contributed by atoms with Crippen molar-refractivity contribution in [2.45, 2.75) is 31.1 Å². The van der Waals surface area contributed by atoms with E-state index in [0.717, 1.165) is 29.5 Å². The van der Waals surface area contributed by atoms with Gasteiger partial charge in [0.25, 0.3) is 5.91 Å². The van der Waals surface area contributed by atoms with Crippen molar-refractivity contribution in [1.29, 1.82) is 0 Å².